The van der Waals surface area contributed by atoms with Gasteiger partial charge in [0.25, 0.3) is 0 Å². The molecule has 1 saturated carbocycles. The lowest BCUT2D eigenvalue weighted by molar-refractivity contribution is -0.143. The van der Waals surface area contributed by atoms with Gasteiger partial charge in [-0.2, -0.15) is 4.99 Å². The zero-order valence-corrected chi connectivity index (χ0v) is 18.2. The molecule has 1 aromatic rings. The maximum atomic E-state index is 12.0. The maximum Gasteiger partial charge on any atom is 0.306 e. The Labute approximate surface area is 183 Å². The van der Waals surface area contributed by atoms with Gasteiger partial charge in [-0.25, -0.2) is 0 Å². The first kappa shape index (κ1) is 22.9. The zero-order valence-electron chi connectivity index (χ0n) is 18.2. The van der Waals surface area contributed by atoms with Crippen LogP contribution in [0, 0.1) is 5.92 Å². The van der Waals surface area contributed by atoms with Gasteiger partial charge < -0.3 is 21.1 Å². The number of methoxy groups -OCH3 is 1. The zero-order chi connectivity index (χ0) is 22.4. The van der Waals surface area contributed by atoms with Crippen molar-refractivity contribution in [3.05, 3.63) is 35.4 Å². The molecular formula is C23H32N4O4. The molecule has 0 bridgehead atoms. The van der Waals surface area contributed by atoms with Crippen molar-refractivity contribution < 1.29 is 19.1 Å². The van der Waals surface area contributed by atoms with E-state index in [0.717, 1.165) is 37.8 Å². The molecule has 2 fully saturated rings. The highest BCUT2D eigenvalue weighted by molar-refractivity contribution is 6.03. The number of amidine groups is 1. The van der Waals surface area contributed by atoms with Gasteiger partial charge in [0.15, 0.2) is 0 Å². The molecule has 3 rings (SSSR count). The molecule has 1 aliphatic heterocycles. The van der Waals surface area contributed by atoms with E-state index in [1.165, 1.54) is 19.6 Å². The second-order valence-electron chi connectivity index (χ2n) is 8.51. The van der Waals surface area contributed by atoms with E-state index in [2.05, 4.69) is 32.5 Å². The van der Waals surface area contributed by atoms with Crippen LogP contribution in [0.15, 0.2) is 29.3 Å². The van der Waals surface area contributed by atoms with E-state index in [9.17, 15) is 14.4 Å². The molecule has 2 atom stereocenters. The molecule has 0 unspecified atom stereocenters. The fourth-order valence-corrected chi connectivity index (χ4v) is 4.52. The number of hydrogen-bond acceptors (Lipinski definition) is 5. The minimum absolute atomic E-state index is 0.0571. The first-order valence-corrected chi connectivity index (χ1v) is 10.9. The number of aliphatic imine (C=N–C) groups is 1. The van der Waals surface area contributed by atoms with Gasteiger partial charge in [-0.1, -0.05) is 24.3 Å². The monoisotopic (exact) mass is 428 g/mol. The van der Waals surface area contributed by atoms with Gasteiger partial charge in [0.1, 0.15) is 5.84 Å². The largest absolute Gasteiger partial charge is 0.469 e. The Morgan fingerprint density at radius 2 is 1.87 bits per heavy atom. The number of nitrogens with zero attached hydrogens (tertiary/aromatic N) is 1. The molecule has 168 valence electrons. The third kappa shape index (κ3) is 6.37. The van der Waals surface area contributed by atoms with Crippen molar-refractivity contribution in [1.29, 1.82) is 0 Å². The summed E-state index contributed by atoms with van der Waals surface area (Å²) in [6.45, 7) is 2.11. The van der Waals surface area contributed by atoms with Crippen molar-refractivity contribution in [1.82, 2.24) is 10.6 Å². The lowest BCUT2D eigenvalue weighted by atomic mass is 9.81. The molecular weight excluding hydrogens is 396 g/mol. The highest BCUT2D eigenvalue weighted by atomic mass is 16.5. The first-order valence-electron chi connectivity index (χ1n) is 10.9. The molecule has 4 N–H and O–H groups in total. The third-order valence-corrected chi connectivity index (χ3v) is 6.26. The fraction of sp³-hybridized carbons (Fsp3) is 0.565. The highest BCUT2D eigenvalue weighted by Gasteiger charge is 2.34. The number of hydrogen-bond donors (Lipinski definition) is 3. The van der Waals surface area contributed by atoms with Crippen LogP contribution in [-0.4, -0.2) is 49.4 Å². The molecule has 1 aromatic carbocycles. The number of nitrogens with one attached hydrogen (secondary N) is 2. The topological polar surface area (TPSA) is 123 Å². The van der Waals surface area contributed by atoms with Gasteiger partial charge >= 0.3 is 5.97 Å². The number of esters is 1. The predicted molar refractivity (Wildman–Crippen MR) is 118 cm³/mol. The number of amides is 2. The number of benzene rings is 1. The number of ether oxygens (including phenoxy) is 1. The van der Waals surface area contributed by atoms with Gasteiger partial charge in [0.2, 0.25) is 11.8 Å². The van der Waals surface area contributed by atoms with Gasteiger partial charge in [-0.3, -0.25) is 14.4 Å². The smallest absolute Gasteiger partial charge is 0.306 e. The van der Waals surface area contributed by atoms with E-state index >= 15 is 0 Å². The standard InChI is InChI=1S/C23H32N4O4/c1-14(28)26-22(24)17-5-3-15(4-6-17)16-7-9-19(10-8-16)25-13-20-11-18(23(30)27-20)12-21(29)31-2/h3-6,16,18-20,25H,7-13H2,1-2H3,(H,27,30)(H2,24,26,28)/t16?,18-,19?,20-/m0/s1. The average Bonchev–Trinajstić information content (AvgIpc) is 3.11. The summed E-state index contributed by atoms with van der Waals surface area (Å²) >= 11 is 0. The molecule has 0 spiro atoms. The van der Waals surface area contributed by atoms with E-state index in [1.807, 2.05) is 12.1 Å². The Hall–Kier alpha value is -2.74. The lowest BCUT2D eigenvalue weighted by Crippen LogP contribution is -2.41. The van der Waals surface area contributed by atoms with Crippen molar-refractivity contribution in [2.75, 3.05) is 13.7 Å². The minimum atomic E-state index is -0.339. The van der Waals surface area contributed by atoms with Crippen molar-refractivity contribution in [3.8, 4) is 0 Å². The molecule has 2 amide bonds. The van der Waals surface area contributed by atoms with Crippen molar-refractivity contribution in [2.45, 2.75) is 63.5 Å². The number of nitrogens with two attached hydrogens (primary N) is 1. The van der Waals surface area contributed by atoms with Crippen molar-refractivity contribution in [2.24, 2.45) is 16.6 Å². The highest BCUT2D eigenvalue weighted by Crippen LogP contribution is 2.33. The average molecular weight is 429 g/mol. The van der Waals surface area contributed by atoms with E-state index in [-0.39, 0.29) is 42.0 Å². The summed E-state index contributed by atoms with van der Waals surface area (Å²) in [6.07, 6.45) is 5.15. The summed E-state index contributed by atoms with van der Waals surface area (Å²) in [6, 6.07) is 8.50. The summed E-state index contributed by atoms with van der Waals surface area (Å²) in [5.41, 5.74) is 7.89. The van der Waals surface area contributed by atoms with Crippen LogP contribution in [0.5, 0.6) is 0 Å². The van der Waals surface area contributed by atoms with Gasteiger partial charge in [0.05, 0.1) is 19.4 Å². The van der Waals surface area contributed by atoms with Crippen LogP contribution >= 0.6 is 0 Å². The van der Waals surface area contributed by atoms with E-state index in [1.54, 1.807) is 0 Å². The summed E-state index contributed by atoms with van der Waals surface area (Å²) in [5.74, 6) is -0.225. The normalized spacial score (nSPS) is 26.4. The summed E-state index contributed by atoms with van der Waals surface area (Å²) < 4.78 is 4.67. The molecule has 1 aliphatic carbocycles. The SMILES string of the molecule is COC(=O)C[C@@H]1C[C@@H](CNC2CCC(c3ccc(C(N)=NC(C)=O)cc3)CC2)NC1=O. The Morgan fingerprint density at radius 3 is 2.48 bits per heavy atom. The van der Waals surface area contributed by atoms with E-state index < -0.39 is 0 Å². The molecule has 31 heavy (non-hydrogen) atoms. The Kier molecular flexibility index (Phi) is 7.79. The van der Waals surface area contributed by atoms with E-state index in [4.69, 9.17) is 5.73 Å². The first-order chi connectivity index (χ1) is 14.9. The van der Waals surface area contributed by atoms with Gasteiger partial charge in [-0.05, 0) is 43.6 Å². The summed E-state index contributed by atoms with van der Waals surface area (Å²) in [5, 5.41) is 6.57. The van der Waals surface area contributed by atoms with Gasteiger partial charge in [-0.15, -0.1) is 0 Å². The third-order valence-electron chi connectivity index (χ3n) is 6.26. The van der Waals surface area contributed by atoms with Crippen LogP contribution in [0.3, 0.4) is 0 Å². The Bertz CT molecular complexity index is 828. The number of rotatable bonds is 7. The van der Waals surface area contributed by atoms with Crippen LogP contribution in [0.4, 0.5) is 0 Å². The fourth-order valence-electron chi connectivity index (χ4n) is 4.52. The van der Waals surface area contributed by atoms with Crippen molar-refractivity contribution >= 4 is 23.6 Å². The second kappa shape index (κ2) is 10.5. The molecule has 1 heterocycles. The molecule has 1 saturated heterocycles. The Morgan fingerprint density at radius 1 is 1.19 bits per heavy atom. The number of carbonyl (C=O) groups excluding carboxylic acids is 3. The molecule has 8 nitrogen and oxygen atoms in total. The lowest BCUT2D eigenvalue weighted by Gasteiger charge is -2.30. The quantitative estimate of drug-likeness (QED) is 0.345. The van der Waals surface area contributed by atoms with Gasteiger partial charge in [0, 0.05) is 31.1 Å². The minimum Gasteiger partial charge on any atom is -0.469 e. The molecule has 2 aliphatic rings. The summed E-state index contributed by atoms with van der Waals surface area (Å²) in [7, 11) is 1.34. The molecule has 0 radical (unpaired) electrons. The Balaban J connectivity index is 1.42. The van der Waals surface area contributed by atoms with Crippen LogP contribution in [0.1, 0.15) is 62.5 Å². The van der Waals surface area contributed by atoms with Crippen molar-refractivity contribution in [3.63, 3.8) is 0 Å². The van der Waals surface area contributed by atoms with Crippen LogP contribution in [-0.2, 0) is 19.1 Å². The summed E-state index contributed by atoms with van der Waals surface area (Å²) in [4.78, 5) is 38.3. The van der Waals surface area contributed by atoms with Crippen LogP contribution in [0.2, 0.25) is 0 Å². The molecule has 8 heteroatoms. The molecule has 0 aromatic heterocycles. The number of carbonyl (C=O) groups is 3. The van der Waals surface area contributed by atoms with Crippen LogP contribution < -0.4 is 16.4 Å². The predicted octanol–water partition coefficient (Wildman–Crippen LogP) is 1.62. The second-order valence-corrected chi connectivity index (χ2v) is 8.51. The van der Waals surface area contributed by atoms with E-state index in [0.29, 0.717) is 18.4 Å². The maximum absolute atomic E-state index is 12.0. The van der Waals surface area contributed by atoms with Crippen LogP contribution in [0.25, 0.3) is 0 Å².